The minimum atomic E-state index is -1.15. The smallest absolute Gasteiger partial charge is 0.340 e. The minimum Gasteiger partial charge on any atom is -0.478 e. The number of fused-ring (bicyclic) bond motifs is 1. The van der Waals surface area contributed by atoms with Crippen LogP contribution in [0.15, 0.2) is 23.2 Å². The number of esters is 1. The molecular formula is C13H13N3O4. The van der Waals surface area contributed by atoms with Crippen LogP contribution in [0.1, 0.15) is 27.6 Å². The van der Waals surface area contributed by atoms with Crippen molar-refractivity contribution in [3.8, 4) is 0 Å². The SMILES string of the molecule is COC(=O)c1ccc2[nH]c(N=C(C)N)c(C(=O)O)c2c1. The van der Waals surface area contributed by atoms with Crippen molar-refractivity contribution in [1.82, 2.24) is 4.98 Å². The monoisotopic (exact) mass is 275 g/mol. The molecule has 0 unspecified atom stereocenters. The van der Waals surface area contributed by atoms with Gasteiger partial charge in [-0.05, 0) is 25.1 Å². The number of nitrogens with two attached hydrogens (primary N) is 1. The largest absolute Gasteiger partial charge is 0.478 e. The van der Waals surface area contributed by atoms with E-state index in [9.17, 15) is 14.7 Å². The van der Waals surface area contributed by atoms with Gasteiger partial charge in [-0.3, -0.25) is 0 Å². The maximum atomic E-state index is 11.5. The number of H-pyrrole nitrogens is 1. The lowest BCUT2D eigenvalue weighted by molar-refractivity contribution is 0.0599. The quantitative estimate of drug-likeness (QED) is 0.447. The Kier molecular flexibility index (Phi) is 3.43. The number of amidine groups is 1. The van der Waals surface area contributed by atoms with Gasteiger partial charge < -0.3 is 20.6 Å². The number of methoxy groups -OCH3 is 1. The third-order valence-corrected chi connectivity index (χ3v) is 2.70. The number of aromatic nitrogens is 1. The minimum absolute atomic E-state index is 0.0319. The highest BCUT2D eigenvalue weighted by Crippen LogP contribution is 2.29. The van der Waals surface area contributed by atoms with Crippen molar-refractivity contribution < 1.29 is 19.4 Å². The van der Waals surface area contributed by atoms with E-state index in [1.165, 1.54) is 13.2 Å². The number of carboxylic acid groups (broad SMARTS) is 1. The first-order valence-electron chi connectivity index (χ1n) is 5.72. The van der Waals surface area contributed by atoms with Crippen LogP contribution in [-0.2, 0) is 4.74 Å². The number of aliphatic imine (C=N–C) groups is 1. The summed E-state index contributed by atoms with van der Waals surface area (Å²) in [4.78, 5) is 29.7. The third kappa shape index (κ3) is 2.33. The van der Waals surface area contributed by atoms with E-state index in [2.05, 4.69) is 14.7 Å². The molecule has 7 heteroatoms. The lowest BCUT2D eigenvalue weighted by Gasteiger charge is -1.99. The van der Waals surface area contributed by atoms with E-state index in [1.807, 2.05) is 0 Å². The second-order valence-corrected chi connectivity index (χ2v) is 4.16. The fourth-order valence-electron chi connectivity index (χ4n) is 1.90. The fraction of sp³-hybridized carbons (Fsp3) is 0.154. The Labute approximate surface area is 114 Å². The van der Waals surface area contributed by atoms with Gasteiger partial charge in [-0.15, -0.1) is 0 Å². The van der Waals surface area contributed by atoms with Gasteiger partial charge in [0.05, 0.1) is 18.5 Å². The number of rotatable bonds is 3. The van der Waals surface area contributed by atoms with Crippen molar-refractivity contribution in [2.24, 2.45) is 10.7 Å². The number of aromatic carboxylic acids is 1. The van der Waals surface area contributed by atoms with E-state index in [-0.39, 0.29) is 22.8 Å². The summed E-state index contributed by atoms with van der Waals surface area (Å²) < 4.78 is 4.61. The Morgan fingerprint density at radius 2 is 2.10 bits per heavy atom. The molecule has 0 amide bonds. The molecule has 2 rings (SSSR count). The van der Waals surface area contributed by atoms with Gasteiger partial charge in [-0.25, -0.2) is 14.6 Å². The van der Waals surface area contributed by atoms with Crippen molar-refractivity contribution in [2.45, 2.75) is 6.92 Å². The number of carbonyl (C=O) groups is 2. The molecule has 0 bridgehead atoms. The average molecular weight is 275 g/mol. The summed E-state index contributed by atoms with van der Waals surface area (Å²) in [6.07, 6.45) is 0. The Bertz CT molecular complexity index is 727. The number of nitrogens with zero attached hydrogens (tertiary/aromatic N) is 1. The van der Waals surface area contributed by atoms with E-state index in [4.69, 9.17) is 5.73 Å². The normalized spacial score (nSPS) is 11.6. The summed E-state index contributed by atoms with van der Waals surface area (Å²) in [5.74, 6) is -1.32. The Hall–Kier alpha value is -2.83. The second kappa shape index (κ2) is 5.04. The van der Waals surface area contributed by atoms with Gasteiger partial charge in [-0.2, -0.15) is 0 Å². The zero-order chi connectivity index (χ0) is 14.9. The molecule has 1 heterocycles. The predicted octanol–water partition coefficient (Wildman–Crippen LogP) is 1.66. The molecular weight excluding hydrogens is 262 g/mol. The maximum absolute atomic E-state index is 11.5. The highest BCUT2D eigenvalue weighted by atomic mass is 16.5. The van der Waals surface area contributed by atoms with Gasteiger partial charge in [0.25, 0.3) is 0 Å². The first-order chi connectivity index (χ1) is 9.43. The van der Waals surface area contributed by atoms with Crippen molar-refractivity contribution in [3.05, 3.63) is 29.3 Å². The van der Waals surface area contributed by atoms with Crippen LogP contribution in [0, 0.1) is 0 Å². The van der Waals surface area contributed by atoms with Gasteiger partial charge in [0.1, 0.15) is 11.4 Å². The van der Waals surface area contributed by atoms with Crippen LogP contribution in [0.25, 0.3) is 10.9 Å². The van der Waals surface area contributed by atoms with Crippen LogP contribution in [0.2, 0.25) is 0 Å². The van der Waals surface area contributed by atoms with Crippen LogP contribution >= 0.6 is 0 Å². The molecule has 104 valence electrons. The molecule has 0 aliphatic carbocycles. The molecule has 0 aliphatic rings. The standard InChI is InChI=1S/C13H13N3O4/c1-6(14)15-11-10(12(17)18)8-5-7(13(19)20-2)3-4-9(8)16-11/h3-5,16H,1-2H3,(H2,14,15)(H,17,18). The molecule has 0 saturated heterocycles. The lowest BCUT2D eigenvalue weighted by atomic mass is 10.1. The molecule has 7 nitrogen and oxygen atoms in total. The number of ether oxygens (including phenoxy) is 1. The van der Waals surface area contributed by atoms with Gasteiger partial charge >= 0.3 is 11.9 Å². The average Bonchev–Trinajstić information content (AvgIpc) is 2.73. The first kappa shape index (κ1) is 13.6. The molecule has 4 N–H and O–H groups in total. The van der Waals surface area contributed by atoms with Crippen molar-refractivity contribution in [2.75, 3.05) is 7.11 Å². The second-order valence-electron chi connectivity index (χ2n) is 4.16. The number of nitrogens with one attached hydrogen (secondary N) is 1. The Morgan fingerprint density at radius 3 is 2.65 bits per heavy atom. The zero-order valence-electron chi connectivity index (χ0n) is 10.9. The van der Waals surface area contributed by atoms with E-state index in [0.29, 0.717) is 10.9 Å². The molecule has 0 saturated carbocycles. The van der Waals surface area contributed by atoms with E-state index in [0.717, 1.165) is 0 Å². The van der Waals surface area contributed by atoms with Crippen LogP contribution in [0.3, 0.4) is 0 Å². The number of hydrogen-bond acceptors (Lipinski definition) is 4. The highest BCUT2D eigenvalue weighted by Gasteiger charge is 2.19. The van der Waals surface area contributed by atoms with Crippen LogP contribution in [0.4, 0.5) is 5.82 Å². The number of benzene rings is 1. The summed E-state index contributed by atoms with van der Waals surface area (Å²) in [6.45, 7) is 1.55. The number of carbonyl (C=O) groups excluding carboxylic acids is 1. The first-order valence-corrected chi connectivity index (χ1v) is 5.72. The van der Waals surface area contributed by atoms with Gasteiger partial charge in [0.2, 0.25) is 0 Å². The molecule has 1 aromatic heterocycles. The molecule has 0 atom stereocenters. The van der Waals surface area contributed by atoms with Gasteiger partial charge in [0, 0.05) is 10.9 Å². The number of carboxylic acids is 1. The molecule has 0 radical (unpaired) electrons. The fourth-order valence-corrected chi connectivity index (χ4v) is 1.90. The van der Waals surface area contributed by atoms with E-state index >= 15 is 0 Å². The van der Waals surface area contributed by atoms with E-state index in [1.54, 1.807) is 19.1 Å². The summed E-state index contributed by atoms with van der Waals surface area (Å²) in [6, 6.07) is 4.59. The van der Waals surface area contributed by atoms with Crippen molar-refractivity contribution >= 4 is 34.5 Å². The molecule has 1 aromatic carbocycles. The number of aromatic amines is 1. The van der Waals surface area contributed by atoms with E-state index < -0.39 is 11.9 Å². The van der Waals surface area contributed by atoms with Crippen LogP contribution in [0.5, 0.6) is 0 Å². The summed E-state index contributed by atoms with van der Waals surface area (Å²) >= 11 is 0. The Morgan fingerprint density at radius 1 is 1.40 bits per heavy atom. The molecule has 20 heavy (non-hydrogen) atoms. The third-order valence-electron chi connectivity index (χ3n) is 2.70. The highest BCUT2D eigenvalue weighted by molar-refractivity contribution is 6.10. The van der Waals surface area contributed by atoms with Gasteiger partial charge in [-0.1, -0.05) is 0 Å². The maximum Gasteiger partial charge on any atom is 0.340 e. The Balaban J connectivity index is 2.73. The topological polar surface area (TPSA) is 118 Å². The molecule has 0 spiro atoms. The van der Waals surface area contributed by atoms with Gasteiger partial charge in [0.15, 0.2) is 0 Å². The van der Waals surface area contributed by atoms with Crippen molar-refractivity contribution in [3.63, 3.8) is 0 Å². The molecule has 0 aliphatic heterocycles. The summed E-state index contributed by atoms with van der Waals surface area (Å²) in [5.41, 5.74) is 6.26. The van der Waals surface area contributed by atoms with Crippen molar-refractivity contribution in [1.29, 1.82) is 0 Å². The molecule has 2 aromatic rings. The van der Waals surface area contributed by atoms with Crippen LogP contribution < -0.4 is 5.73 Å². The molecule has 0 fully saturated rings. The van der Waals surface area contributed by atoms with Crippen LogP contribution in [-0.4, -0.2) is 35.0 Å². The lowest BCUT2D eigenvalue weighted by Crippen LogP contribution is -2.05. The number of hydrogen-bond donors (Lipinski definition) is 3. The predicted molar refractivity (Wildman–Crippen MR) is 73.6 cm³/mol. The summed E-state index contributed by atoms with van der Waals surface area (Å²) in [7, 11) is 1.26. The summed E-state index contributed by atoms with van der Waals surface area (Å²) in [5, 5.41) is 9.68. The zero-order valence-corrected chi connectivity index (χ0v) is 10.9.